The Morgan fingerprint density at radius 3 is 2.67 bits per heavy atom. The average molecular weight is 293 g/mol. The van der Waals surface area contributed by atoms with Crippen LogP contribution in [0.1, 0.15) is 45.4 Å². The minimum Gasteiger partial charge on any atom is -0.343 e. The van der Waals surface area contributed by atoms with E-state index in [0.717, 1.165) is 38.9 Å². The Balaban J connectivity index is 1.53. The molecule has 5 nitrogen and oxygen atoms in total. The monoisotopic (exact) mass is 293 g/mol. The van der Waals surface area contributed by atoms with Crippen molar-refractivity contribution in [3.8, 4) is 0 Å². The van der Waals surface area contributed by atoms with E-state index in [1.807, 2.05) is 11.8 Å². The summed E-state index contributed by atoms with van der Waals surface area (Å²) in [5.41, 5.74) is 0. The number of hydrogen-bond donors (Lipinski definition) is 2. The lowest BCUT2D eigenvalue weighted by atomic mass is 9.93. The number of carbonyl (C=O) groups excluding carboxylic acids is 2. The van der Waals surface area contributed by atoms with Crippen molar-refractivity contribution in [1.29, 1.82) is 0 Å². The van der Waals surface area contributed by atoms with E-state index in [-0.39, 0.29) is 17.9 Å². The zero-order chi connectivity index (χ0) is 14.8. The number of rotatable bonds is 3. The van der Waals surface area contributed by atoms with Crippen LogP contribution < -0.4 is 10.6 Å². The molecule has 2 saturated heterocycles. The summed E-state index contributed by atoms with van der Waals surface area (Å²) in [6, 6.07) is -0.494. The number of nitrogens with zero attached hydrogens (tertiary/aromatic N) is 1. The maximum atomic E-state index is 12.4. The van der Waals surface area contributed by atoms with Gasteiger partial charge in [-0.2, -0.15) is 0 Å². The van der Waals surface area contributed by atoms with Gasteiger partial charge in [0.2, 0.25) is 11.8 Å². The summed E-state index contributed by atoms with van der Waals surface area (Å²) in [7, 11) is 0. The van der Waals surface area contributed by atoms with Crippen LogP contribution in [0.4, 0.5) is 0 Å². The summed E-state index contributed by atoms with van der Waals surface area (Å²) in [5, 5.41) is 6.28. The quantitative estimate of drug-likeness (QED) is 0.812. The van der Waals surface area contributed by atoms with Crippen molar-refractivity contribution in [2.24, 2.45) is 11.8 Å². The number of hydrogen-bond acceptors (Lipinski definition) is 3. The Morgan fingerprint density at radius 2 is 1.90 bits per heavy atom. The van der Waals surface area contributed by atoms with Crippen LogP contribution in [-0.4, -0.2) is 48.4 Å². The van der Waals surface area contributed by atoms with Crippen molar-refractivity contribution in [3.63, 3.8) is 0 Å². The largest absolute Gasteiger partial charge is 0.343 e. The fourth-order valence-electron chi connectivity index (χ4n) is 4.23. The van der Waals surface area contributed by atoms with E-state index < -0.39 is 6.04 Å². The van der Waals surface area contributed by atoms with E-state index in [1.165, 1.54) is 19.3 Å². The predicted octanol–water partition coefficient (Wildman–Crippen LogP) is 0.892. The number of piperidine rings is 1. The minimum absolute atomic E-state index is 0.0160. The van der Waals surface area contributed by atoms with Crippen molar-refractivity contribution < 1.29 is 9.59 Å². The van der Waals surface area contributed by atoms with Crippen LogP contribution in [0.2, 0.25) is 0 Å². The van der Waals surface area contributed by atoms with Gasteiger partial charge in [-0.15, -0.1) is 0 Å². The average Bonchev–Trinajstić information content (AvgIpc) is 3.09. The topological polar surface area (TPSA) is 61.4 Å². The molecule has 4 unspecified atom stereocenters. The lowest BCUT2D eigenvalue weighted by molar-refractivity contribution is -0.137. The highest BCUT2D eigenvalue weighted by Crippen LogP contribution is 2.37. The third-order valence-electron chi connectivity index (χ3n) is 5.43. The highest BCUT2D eigenvalue weighted by molar-refractivity contribution is 5.90. The molecule has 2 N–H and O–H groups in total. The maximum Gasteiger partial charge on any atom is 0.244 e. The Morgan fingerprint density at radius 1 is 1.14 bits per heavy atom. The second-order valence-corrected chi connectivity index (χ2v) is 6.86. The Bertz CT molecular complexity index is 406. The molecular weight excluding hydrogens is 266 g/mol. The normalized spacial score (nSPS) is 33.6. The first-order valence-electron chi connectivity index (χ1n) is 8.49. The molecule has 0 bridgehead atoms. The second-order valence-electron chi connectivity index (χ2n) is 6.86. The molecular formula is C16H27N3O2. The van der Waals surface area contributed by atoms with E-state index in [4.69, 9.17) is 0 Å². The highest BCUT2D eigenvalue weighted by Gasteiger charge is 2.42. The molecule has 3 aliphatic rings. The lowest BCUT2D eigenvalue weighted by Gasteiger charge is -2.30. The van der Waals surface area contributed by atoms with Crippen LogP contribution in [0.15, 0.2) is 0 Å². The Hall–Kier alpha value is -1.10. The number of fused-ring (bicyclic) bond motifs is 1. The molecule has 5 heteroatoms. The molecule has 2 amide bonds. The summed E-state index contributed by atoms with van der Waals surface area (Å²) in [4.78, 5) is 26.7. The third kappa shape index (κ3) is 3.07. The SMILES string of the molecule is CC(NC(=O)C1NCC2CCCC21)C(=O)N1CCCCC1. The van der Waals surface area contributed by atoms with Crippen molar-refractivity contribution >= 4 is 11.8 Å². The zero-order valence-corrected chi connectivity index (χ0v) is 12.9. The van der Waals surface area contributed by atoms with Gasteiger partial charge < -0.3 is 15.5 Å². The van der Waals surface area contributed by atoms with Crippen LogP contribution in [-0.2, 0) is 9.59 Å². The summed E-state index contributed by atoms with van der Waals surface area (Å²) in [5.74, 6) is 1.22. The zero-order valence-electron chi connectivity index (χ0n) is 12.9. The molecule has 3 rings (SSSR count). The summed E-state index contributed by atoms with van der Waals surface area (Å²) in [6.45, 7) is 4.45. The molecule has 0 aromatic heterocycles. The van der Waals surface area contributed by atoms with Crippen LogP contribution in [0, 0.1) is 11.8 Å². The standard InChI is InChI=1S/C16H27N3O2/c1-11(16(21)19-8-3-2-4-9-19)18-15(20)14-13-7-5-6-12(13)10-17-14/h11-14,17H,2-10H2,1H3,(H,18,20). The van der Waals surface area contributed by atoms with Crippen LogP contribution in [0.25, 0.3) is 0 Å². The van der Waals surface area contributed by atoms with Gasteiger partial charge in [0, 0.05) is 13.1 Å². The molecule has 1 saturated carbocycles. The predicted molar refractivity (Wildman–Crippen MR) is 80.7 cm³/mol. The lowest BCUT2D eigenvalue weighted by Crippen LogP contribution is -2.53. The molecule has 4 atom stereocenters. The first-order chi connectivity index (χ1) is 10.2. The number of amides is 2. The molecule has 118 valence electrons. The molecule has 0 spiro atoms. The third-order valence-corrected chi connectivity index (χ3v) is 5.43. The minimum atomic E-state index is -0.405. The van der Waals surface area contributed by atoms with Gasteiger partial charge in [-0.25, -0.2) is 0 Å². The number of likely N-dealkylation sites (tertiary alicyclic amines) is 1. The van der Waals surface area contributed by atoms with E-state index >= 15 is 0 Å². The number of nitrogens with one attached hydrogen (secondary N) is 2. The van der Waals surface area contributed by atoms with Gasteiger partial charge in [-0.1, -0.05) is 6.42 Å². The van der Waals surface area contributed by atoms with Gasteiger partial charge in [0.25, 0.3) is 0 Å². The Kier molecular flexibility index (Phi) is 4.48. The van der Waals surface area contributed by atoms with Crippen LogP contribution in [0.5, 0.6) is 0 Å². The van der Waals surface area contributed by atoms with Gasteiger partial charge in [0.1, 0.15) is 6.04 Å². The van der Waals surface area contributed by atoms with E-state index in [0.29, 0.717) is 11.8 Å². The molecule has 0 radical (unpaired) electrons. The molecule has 21 heavy (non-hydrogen) atoms. The van der Waals surface area contributed by atoms with Crippen LogP contribution >= 0.6 is 0 Å². The first-order valence-corrected chi connectivity index (χ1v) is 8.49. The second kappa shape index (κ2) is 6.34. The molecule has 0 aromatic carbocycles. The molecule has 2 aliphatic heterocycles. The molecule has 3 fully saturated rings. The number of carbonyl (C=O) groups is 2. The van der Waals surface area contributed by atoms with Crippen molar-refractivity contribution in [3.05, 3.63) is 0 Å². The van der Waals surface area contributed by atoms with Gasteiger partial charge >= 0.3 is 0 Å². The maximum absolute atomic E-state index is 12.4. The fraction of sp³-hybridized carbons (Fsp3) is 0.875. The van der Waals surface area contributed by atoms with E-state index in [2.05, 4.69) is 10.6 Å². The van der Waals surface area contributed by atoms with Gasteiger partial charge in [0.15, 0.2) is 0 Å². The van der Waals surface area contributed by atoms with Crippen molar-refractivity contribution in [2.75, 3.05) is 19.6 Å². The summed E-state index contributed by atoms with van der Waals surface area (Å²) in [6.07, 6.45) is 7.00. The van der Waals surface area contributed by atoms with Gasteiger partial charge in [-0.3, -0.25) is 9.59 Å². The summed E-state index contributed by atoms with van der Waals surface area (Å²) >= 11 is 0. The van der Waals surface area contributed by atoms with Gasteiger partial charge in [0.05, 0.1) is 6.04 Å². The Labute approximate surface area is 126 Å². The van der Waals surface area contributed by atoms with E-state index in [9.17, 15) is 9.59 Å². The van der Waals surface area contributed by atoms with Crippen molar-refractivity contribution in [2.45, 2.75) is 57.5 Å². The molecule has 2 heterocycles. The van der Waals surface area contributed by atoms with Gasteiger partial charge in [-0.05, 0) is 57.4 Å². The molecule has 0 aromatic rings. The summed E-state index contributed by atoms with van der Waals surface area (Å²) < 4.78 is 0. The molecule has 1 aliphatic carbocycles. The smallest absolute Gasteiger partial charge is 0.244 e. The van der Waals surface area contributed by atoms with E-state index in [1.54, 1.807) is 0 Å². The first kappa shape index (κ1) is 14.8. The fourth-order valence-corrected chi connectivity index (χ4v) is 4.23. The van der Waals surface area contributed by atoms with Crippen LogP contribution in [0.3, 0.4) is 0 Å². The van der Waals surface area contributed by atoms with Crippen molar-refractivity contribution in [1.82, 2.24) is 15.5 Å². The highest BCUT2D eigenvalue weighted by atomic mass is 16.2.